The van der Waals surface area contributed by atoms with Gasteiger partial charge in [0.15, 0.2) is 6.10 Å². The predicted molar refractivity (Wildman–Crippen MR) is 81.4 cm³/mol. The maximum absolute atomic E-state index is 12.8. The Balaban J connectivity index is 1.95. The minimum absolute atomic E-state index is 0.0654. The number of esters is 1. The van der Waals surface area contributed by atoms with Crippen LogP contribution in [-0.4, -0.2) is 18.0 Å². The predicted octanol–water partition coefficient (Wildman–Crippen LogP) is 4.03. The van der Waals surface area contributed by atoms with Gasteiger partial charge in [0.25, 0.3) is 5.91 Å². The summed E-state index contributed by atoms with van der Waals surface area (Å²) in [6.07, 6.45) is -5.67. The van der Waals surface area contributed by atoms with Crippen molar-refractivity contribution >= 4 is 17.6 Å². The van der Waals surface area contributed by atoms with E-state index in [1.807, 2.05) is 0 Å². The molecule has 0 fully saturated rings. The van der Waals surface area contributed by atoms with Crippen molar-refractivity contribution in [2.75, 3.05) is 5.32 Å². The number of rotatable bonds is 4. The van der Waals surface area contributed by atoms with Crippen molar-refractivity contribution in [3.8, 4) is 0 Å². The number of alkyl halides is 3. The van der Waals surface area contributed by atoms with Crippen LogP contribution in [0.3, 0.4) is 0 Å². The number of anilines is 1. The zero-order valence-corrected chi connectivity index (χ0v) is 12.9. The standard InChI is InChI=1S/C17H13F4NO3/c1-10(25-16(24)11-2-6-13(18)7-3-11)15(23)22-14-8-4-12(5-9-14)17(19,20)21/h2-10H,1H3,(H,22,23)/t10-/m0/s1. The molecule has 2 rings (SSSR count). The van der Waals surface area contributed by atoms with Crippen LogP contribution in [0.2, 0.25) is 0 Å². The Morgan fingerprint density at radius 3 is 2.08 bits per heavy atom. The molecule has 0 radical (unpaired) electrons. The zero-order chi connectivity index (χ0) is 18.6. The van der Waals surface area contributed by atoms with Gasteiger partial charge >= 0.3 is 12.1 Å². The minimum atomic E-state index is -4.47. The molecule has 0 saturated carbocycles. The highest BCUT2D eigenvalue weighted by molar-refractivity contribution is 5.97. The summed E-state index contributed by atoms with van der Waals surface area (Å²) in [7, 11) is 0. The summed E-state index contributed by atoms with van der Waals surface area (Å²) in [4.78, 5) is 23.8. The molecule has 1 atom stereocenters. The number of hydrogen-bond donors (Lipinski definition) is 1. The van der Waals surface area contributed by atoms with Crippen molar-refractivity contribution in [3.05, 3.63) is 65.5 Å². The zero-order valence-electron chi connectivity index (χ0n) is 12.9. The fraction of sp³-hybridized carbons (Fsp3) is 0.176. The summed E-state index contributed by atoms with van der Waals surface area (Å²) in [6.45, 7) is 1.31. The van der Waals surface area contributed by atoms with Crippen molar-refractivity contribution in [1.82, 2.24) is 0 Å². The van der Waals surface area contributed by atoms with Gasteiger partial charge < -0.3 is 10.1 Å². The summed E-state index contributed by atoms with van der Waals surface area (Å²) in [5, 5.41) is 2.34. The number of ether oxygens (including phenoxy) is 1. The quantitative estimate of drug-likeness (QED) is 0.666. The lowest BCUT2D eigenvalue weighted by Gasteiger charge is -2.14. The van der Waals surface area contributed by atoms with Gasteiger partial charge in [0, 0.05) is 5.69 Å². The molecule has 0 aromatic heterocycles. The highest BCUT2D eigenvalue weighted by Gasteiger charge is 2.30. The van der Waals surface area contributed by atoms with E-state index in [4.69, 9.17) is 4.74 Å². The lowest BCUT2D eigenvalue weighted by Crippen LogP contribution is -2.30. The van der Waals surface area contributed by atoms with E-state index in [9.17, 15) is 27.2 Å². The Kier molecular flexibility index (Phi) is 5.41. The van der Waals surface area contributed by atoms with Gasteiger partial charge in [-0.25, -0.2) is 9.18 Å². The van der Waals surface area contributed by atoms with E-state index in [-0.39, 0.29) is 11.3 Å². The van der Waals surface area contributed by atoms with Gasteiger partial charge in [0.1, 0.15) is 5.82 Å². The summed E-state index contributed by atoms with van der Waals surface area (Å²) >= 11 is 0. The molecule has 2 aromatic carbocycles. The van der Waals surface area contributed by atoms with Crippen molar-refractivity contribution < 1.29 is 31.9 Å². The van der Waals surface area contributed by atoms with Crippen molar-refractivity contribution in [1.29, 1.82) is 0 Å². The Morgan fingerprint density at radius 1 is 1.00 bits per heavy atom. The van der Waals surface area contributed by atoms with Crippen molar-refractivity contribution in [2.24, 2.45) is 0 Å². The first-order chi connectivity index (χ1) is 11.7. The lowest BCUT2D eigenvalue weighted by atomic mass is 10.2. The fourth-order valence-electron chi connectivity index (χ4n) is 1.85. The van der Waals surface area contributed by atoms with Crippen LogP contribution >= 0.6 is 0 Å². The number of hydrogen-bond acceptors (Lipinski definition) is 3. The molecule has 4 nitrogen and oxygen atoms in total. The van der Waals surface area contributed by atoms with E-state index in [0.29, 0.717) is 0 Å². The number of halogens is 4. The van der Waals surface area contributed by atoms with E-state index in [1.165, 1.54) is 19.1 Å². The molecule has 1 N–H and O–H groups in total. The summed E-state index contributed by atoms with van der Waals surface area (Å²) in [5.41, 5.74) is -0.653. The molecule has 1 amide bonds. The number of carbonyl (C=O) groups is 2. The van der Waals surface area contributed by atoms with Crippen LogP contribution in [0.5, 0.6) is 0 Å². The normalized spacial score (nSPS) is 12.4. The van der Waals surface area contributed by atoms with Crippen LogP contribution in [0, 0.1) is 5.82 Å². The Labute approximate surface area is 140 Å². The number of benzene rings is 2. The molecule has 0 spiro atoms. The van der Waals surface area contributed by atoms with Crippen molar-refractivity contribution in [3.63, 3.8) is 0 Å². The summed E-state index contributed by atoms with van der Waals surface area (Å²) in [5.74, 6) is -2.06. The molecule has 0 aliphatic heterocycles. The second-order valence-corrected chi connectivity index (χ2v) is 5.12. The topological polar surface area (TPSA) is 55.4 Å². The molecule has 0 saturated heterocycles. The molecule has 25 heavy (non-hydrogen) atoms. The van der Waals surface area contributed by atoms with Gasteiger partial charge in [-0.1, -0.05) is 0 Å². The summed E-state index contributed by atoms with van der Waals surface area (Å²) in [6, 6.07) is 8.39. The van der Waals surface area contributed by atoms with Gasteiger partial charge in [0.05, 0.1) is 11.1 Å². The van der Waals surface area contributed by atoms with E-state index in [1.54, 1.807) is 0 Å². The first-order valence-electron chi connectivity index (χ1n) is 7.11. The number of carbonyl (C=O) groups excluding carboxylic acids is 2. The Bertz CT molecular complexity index is 755. The van der Waals surface area contributed by atoms with Crippen LogP contribution in [0.25, 0.3) is 0 Å². The van der Waals surface area contributed by atoms with E-state index >= 15 is 0 Å². The van der Waals surface area contributed by atoms with Crippen LogP contribution in [0.15, 0.2) is 48.5 Å². The minimum Gasteiger partial charge on any atom is -0.449 e. The molecule has 0 heterocycles. The molecular formula is C17H13F4NO3. The molecule has 0 bridgehead atoms. The molecule has 2 aromatic rings. The average Bonchev–Trinajstić information content (AvgIpc) is 2.55. The summed E-state index contributed by atoms with van der Waals surface area (Å²) < 4.78 is 55.1. The molecule has 8 heteroatoms. The van der Waals surface area contributed by atoms with E-state index in [2.05, 4.69) is 5.32 Å². The third-order valence-corrected chi connectivity index (χ3v) is 3.21. The van der Waals surface area contributed by atoms with Crippen LogP contribution in [-0.2, 0) is 15.7 Å². The van der Waals surface area contributed by atoms with Crippen LogP contribution < -0.4 is 5.32 Å². The number of nitrogens with one attached hydrogen (secondary N) is 1. The second kappa shape index (κ2) is 7.33. The van der Waals surface area contributed by atoms with Crippen LogP contribution in [0.1, 0.15) is 22.8 Å². The van der Waals surface area contributed by atoms with Crippen molar-refractivity contribution in [2.45, 2.75) is 19.2 Å². The maximum Gasteiger partial charge on any atom is 0.416 e. The smallest absolute Gasteiger partial charge is 0.416 e. The second-order valence-electron chi connectivity index (χ2n) is 5.12. The maximum atomic E-state index is 12.8. The van der Waals surface area contributed by atoms with E-state index in [0.717, 1.165) is 36.4 Å². The van der Waals surface area contributed by atoms with Gasteiger partial charge in [-0.2, -0.15) is 13.2 Å². The third-order valence-electron chi connectivity index (χ3n) is 3.21. The molecule has 0 unspecified atom stereocenters. The highest BCUT2D eigenvalue weighted by atomic mass is 19.4. The Hall–Kier alpha value is -2.90. The number of amides is 1. The monoisotopic (exact) mass is 355 g/mol. The SMILES string of the molecule is C[C@H](OC(=O)c1ccc(F)cc1)C(=O)Nc1ccc(C(F)(F)F)cc1. The van der Waals surface area contributed by atoms with Gasteiger partial charge in [-0.05, 0) is 55.5 Å². The highest BCUT2D eigenvalue weighted by Crippen LogP contribution is 2.29. The first-order valence-corrected chi connectivity index (χ1v) is 7.11. The first kappa shape index (κ1) is 18.4. The van der Waals surface area contributed by atoms with E-state index < -0.39 is 35.5 Å². The van der Waals surface area contributed by atoms with Gasteiger partial charge in [-0.15, -0.1) is 0 Å². The lowest BCUT2D eigenvalue weighted by molar-refractivity contribution is -0.137. The van der Waals surface area contributed by atoms with Crippen LogP contribution in [0.4, 0.5) is 23.2 Å². The molecule has 132 valence electrons. The average molecular weight is 355 g/mol. The molecule has 0 aliphatic carbocycles. The fourth-order valence-corrected chi connectivity index (χ4v) is 1.85. The van der Waals surface area contributed by atoms with Gasteiger partial charge in [-0.3, -0.25) is 4.79 Å². The van der Waals surface area contributed by atoms with Gasteiger partial charge in [0.2, 0.25) is 0 Å². The largest absolute Gasteiger partial charge is 0.449 e. The third kappa shape index (κ3) is 5.03. The molecular weight excluding hydrogens is 342 g/mol. The Morgan fingerprint density at radius 2 is 1.56 bits per heavy atom. The molecule has 0 aliphatic rings.